The van der Waals surface area contributed by atoms with E-state index in [1.54, 1.807) is 0 Å². The molecule has 0 bridgehead atoms. The lowest BCUT2D eigenvalue weighted by Gasteiger charge is -2.18. The molecule has 2 aromatic rings. The Hall–Kier alpha value is -2.99. The monoisotopic (exact) mass is 367 g/mol. The normalized spacial score (nSPS) is 12.7. The molecule has 2 aromatic carbocycles. The standard InChI is InChI=1S/C21H29N5O/c1-2-24-21(27)19(25-14-17-11-7-4-8-12-17)20(23)26-15-18(22)13-16-9-5-3-6-10-16/h3-12,18,25-26H,2,13-15,22-23H2,1H3,(H,24,27)/b20-19+/t18-/m1/s1. The van der Waals surface area contributed by atoms with Crippen molar-refractivity contribution in [1.29, 1.82) is 0 Å². The molecular formula is C21H29N5O. The lowest BCUT2D eigenvalue weighted by Crippen LogP contribution is -2.41. The Kier molecular flexibility index (Phi) is 8.19. The van der Waals surface area contributed by atoms with Gasteiger partial charge in [-0.1, -0.05) is 60.7 Å². The van der Waals surface area contributed by atoms with Crippen LogP contribution in [0.2, 0.25) is 0 Å². The van der Waals surface area contributed by atoms with Crippen molar-refractivity contribution in [3.8, 4) is 0 Å². The van der Waals surface area contributed by atoms with Gasteiger partial charge in [0.15, 0.2) is 0 Å². The molecule has 0 saturated carbocycles. The number of nitrogens with one attached hydrogen (secondary N) is 3. The summed E-state index contributed by atoms with van der Waals surface area (Å²) in [6, 6.07) is 19.8. The highest BCUT2D eigenvalue weighted by molar-refractivity contribution is 5.93. The van der Waals surface area contributed by atoms with Crippen molar-refractivity contribution in [3.05, 3.63) is 83.3 Å². The van der Waals surface area contributed by atoms with Gasteiger partial charge in [0.25, 0.3) is 5.91 Å². The summed E-state index contributed by atoms with van der Waals surface area (Å²) < 4.78 is 0. The quantitative estimate of drug-likeness (QED) is 0.406. The third-order valence-corrected chi connectivity index (χ3v) is 4.04. The highest BCUT2D eigenvalue weighted by Gasteiger charge is 2.14. The number of nitrogens with two attached hydrogens (primary N) is 2. The molecule has 0 unspecified atom stereocenters. The van der Waals surface area contributed by atoms with E-state index in [9.17, 15) is 4.79 Å². The third-order valence-electron chi connectivity index (χ3n) is 4.04. The molecule has 27 heavy (non-hydrogen) atoms. The smallest absolute Gasteiger partial charge is 0.271 e. The summed E-state index contributed by atoms with van der Waals surface area (Å²) in [5.74, 6) is 0.0513. The van der Waals surface area contributed by atoms with Crippen molar-refractivity contribution in [3.63, 3.8) is 0 Å². The molecule has 0 heterocycles. The van der Waals surface area contributed by atoms with Gasteiger partial charge in [0.2, 0.25) is 0 Å². The minimum atomic E-state index is -0.241. The fourth-order valence-corrected chi connectivity index (χ4v) is 2.65. The number of carbonyl (C=O) groups excluding carboxylic acids is 1. The molecule has 0 aliphatic carbocycles. The van der Waals surface area contributed by atoms with Gasteiger partial charge in [0.1, 0.15) is 11.5 Å². The van der Waals surface area contributed by atoms with Crippen molar-refractivity contribution >= 4 is 5.91 Å². The van der Waals surface area contributed by atoms with Crippen LogP contribution in [0.4, 0.5) is 0 Å². The second-order valence-electron chi connectivity index (χ2n) is 6.32. The minimum Gasteiger partial charge on any atom is -0.384 e. The average Bonchev–Trinajstić information content (AvgIpc) is 2.68. The molecule has 0 radical (unpaired) electrons. The molecule has 144 valence electrons. The SMILES string of the molecule is CCNC(=O)/C(NCc1ccccc1)=C(/N)NC[C@H](N)Cc1ccccc1. The van der Waals surface area contributed by atoms with Crippen LogP contribution < -0.4 is 27.4 Å². The lowest BCUT2D eigenvalue weighted by atomic mass is 10.1. The van der Waals surface area contributed by atoms with Crippen LogP contribution in [0.25, 0.3) is 0 Å². The molecule has 1 atom stereocenters. The van der Waals surface area contributed by atoms with E-state index in [4.69, 9.17) is 11.5 Å². The predicted octanol–water partition coefficient (Wildman–Crippen LogP) is 1.20. The van der Waals surface area contributed by atoms with E-state index in [1.807, 2.05) is 67.6 Å². The first-order valence-electron chi connectivity index (χ1n) is 9.19. The Labute approximate surface area is 161 Å². The molecular weight excluding hydrogens is 338 g/mol. The number of hydrogen-bond donors (Lipinski definition) is 5. The zero-order valence-corrected chi connectivity index (χ0v) is 15.7. The number of benzene rings is 2. The molecule has 6 nitrogen and oxygen atoms in total. The predicted molar refractivity (Wildman–Crippen MR) is 109 cm³/mol. The Morgan fingerprint density at radius 1 is 0.926 bits per heavy atom. The van der Waals surface area contributed by atoms with Crippen LogP contribution >= 0.6 is 0 Å². The van der Waals surface area contributed by atoms with Gasteiger partial charge in [0, 0.05) is 25.7 Å². The molecule has 0 saturated heterocycles. The second kappa shape index (κ2) is 10.9. The number of carbonyl (C=O) groups is 1. The average molecular weight is 367 g/mol. The summed E-state index contributed by atoms with van der Waals surface area (Å²) in [6.45, 7) is 3.37. The van der Waals surface area contributed by atoms with E-state index in [-0.39, 0.29) is 11.9 Å². The number of amides is 1. The summed E-state index contributed by atoms with van der Waals surface area (Å²) in [6.07, 6.45) is 0.731. The molecule has 2 rings (SSSR count). The Balaban J connectivity index is 1.98. The summed E-state index contributed by atoms with van der Waals surface area (Å²) in [5.41, 5.74) is 14.9. The Bertz CT molecular complexity index is 731. The maximum atomic E-state index is 12.4. The van der Waals surface area contributed by atoms with Crippen LogP contribution in [0.1, 0.15) is 18.1 Å². The maximum Gasteiger partial charge on any atom is 0.271 e. The van der Waals surface area contributed by atoms with Crippen LogP contribution in [-0.2, 0) is 17.8 Å². The highest BCUT2D eigenvalue weighted by Crippen LogP contribution is 2.03. The van der Waals surface area contributed by atoms with Crippen LogP contribution in [0.5, 0.6) is 0 Å². The van der Waals surface area contributed by atoms with Crippen LogP contribution in [0.3, 0.4) is 0 Å². The van der Waals surface area contributed by atoms with Gasteiger partial charge >= 0.3 is 0 Å². The topological polar surface area (TPSA) is 105 Å². The summed E-state index contributed by atoms with van der Waals surface area (Å²) in [5, 5.41) is 9.00. The van der Waals surface area contributed by atoms with Crippen LogP contribution in [-0.4, -0.2) is 25.0 Å². The summed E-state index contributed by atoms with van der Waals surface area (Å²) in [4.78, 5) is 12.4. The molecule has 0 aliphatic heterocycles. The van der Waals surface area contributed by atoms with E-state index in [2.05, 4.69) is 16.0 Å². The van der Waals surface area contributed by atoms with Crippen molar-refractivity contribution in [1.82, 2.24) is 16.0 Å². The maximum absolute atomic E-state index is 12.4. The van der Waals surface area contributed by atoms with Gasteiger partial charge < -0.3 is 27.4 Å². The second-order valence-corrected chi connectivity index (χ2v) is 6.32. The molecule has 1 amide bonds. The van der Waals surface area contributed by atoms with Gasteiger partial charge in [-0.3, -0.25) is 4.79 Å². The fraction of sp³-hybridized carbons (Fsp3) is 0.286. The van der Waals surface area contributed by atoms with Crippen molar-refractivity contribution in [2.45, 2.75) is 25.9 Å². The van der Waals surface area contributed by atoms with Crippen molar-refractivity contribution in [2.24, 2.45) is 11.5 Å². The van der Waals surface area contributed by atoms with E-state index < -0.39 is 0 Å². The largest absolute Gasteiger partial charge is 0.384 e. The molecule has 0 spiro atoms. The lowest BCUT2D eigenvalue weighted by molar-refractivity contribution is -0.117. The fourth-order valence-electron chi connectivity index (χ4n) is 2.65. The number of rotatable bonds is 10. The third kappa shape index (κ3) is 7.03. The van der Waals surface area contributed by atoms with E-state index in [1.165, 1.54) is 5.56 Å². The van der Waals surface area contributed by atoms with Crippen molar-refractivity contribution in [2.75, 3.05) is 13.1 Å². The zero-order chi connectivity index (χ0) is 19.5. The first-order chi connectivity index (χ1) is 13.1. The first-order valence-corrected chi connectivity index (χ1v) is 9.19. The van der Waals surface area contributed by atoms with Crippen molar-refractivity contribution < 1.29 is 4.79 Å². The summed E-state index contributed by atoms with van der Waals surface area (Å²) >= 11 is 0. The van der Waals surface area contributed by atoms with E-state index >= 15 is 0 Å². The molecule has 6 heteroatoms. The molecule has 0 aromatic heterocycles. The van der Waals surface area contributed by atoms with Gasteiger partial charge in [0.05, 0.1) is 0 Å². The number of hydrogen-bond acceptors (Lipinski definition) is 5. The van der Waals surface area contributed by atoms with Gasteiger partial charge in [-0.15, -0.1) is 0 Å². The molecule has 0 fully saturated rings. The Morgan fingerprint density at radius 2 is 1.52 bits per heavy atom. The minimum absolute atomic E-state index is 0.115. The van der Waals surface area contributed by atoms with Gasteiger partial charge in [-0.25, -0.2) is 0 Å². The highest BCUT2D eigenvalue weighted by atomic mass is 16.2. The van der Waals surface area contributed by atoms with Gasteiger partial charge in [-0.05, 0) is 24.5 Å². The summed E-state index contributed by atoms with van der Waals surface area (Å²) in [7, 11) is 0. The number of likely N-dealkylation sites (N-methyl/N-ethyl adjacent to an activating group) is 1. The zero-order valence-electron chi connectivity index (χ0n) is 15.7. The van der Waals surface area contributed by atoms with Crippen LogP contribution in [0, 0.1) is 0 Å². The molecule has 7 N–H and O–H groups in total. The van der Waals surface area contributed by atoms with E-state index in [0.29, 0.717) is 31.2 Å². The first kappa shape index (κ1) is 20.3. The Morgan fingerprint density at radius 3 is 2.11 bits per heavy atom. The van der Waals surface area contributed by atoms with Crippen LogP contribution in [0.15, 0.2) is 72.2 Å². The molecule has 0 aliphatic rings. The van der Waals surface area contributed by atoms with E-state index in [0.717, 1.165) is 12.0 Å². The van der Waals surface area contributed by atoms with Gasteiger partial charge in [-0.2, -0.15) is 0 Å².